The molecule has 2 aromatic carbocycles. The van der Waals surface area contributed by atoms with E-state index in [0.29, 0.717) is 30.3 Å². The summed E-state index contributed by atoms with van der Waals surface area (Å²) < 4.78 is 39.9. The molecule has 1 N–H and O–H groups in total. The highest BCUT2D eigenvalue weighted by atomic mass is 32.2. The molecule has 2 aromatic rings. The molecule has 5 nitrogen and oxygen atoms in total. The van der Waals surface area contributed by atoms with Gasteiger partial charge in [0.25, 0.3) is 5.91 Å². The second-order valence-corrected chi connectivity index (χ2v) is 8.53. The normalized spacial score (nSPS) is 18.5. The molecule has 1 heterocycles. The Balaban J connectivity index is 1.73. The van der Waals surface area contributed by atoms with Gasteiger partial charge < -0.3 is 5.32 Å². The molecule has 1 saturated heterocycles. The summed E-state index contributed by atoms with van der Waals surface area (Å²) in [4.78, 5) is 12.4. The van der Waals surface area contributed by atoms with Crippen molar-refractivity contribution in [3.05, 3.63) is 59.9 Å². The summed E-state index contributed by atoms with van der Waals surface area (Å²) in [7, 11) is -3.54. The molecular weight excluding hydrogens is 355 g/mol. The Morgan fingerprint density at radius 1 is 1.12 bits per heavy atom. The van der Waals surface area contributed by atoms with Gasteiger partial charge in [0.2, 0.25) is 10.0 Å². The van der Waals surface area contributed by atoms with E-state index in [4.69, 9.17) is 0 Å². The largest absolute Gasteiger partial charge is 0.322 e. The van der Waals surface area contributed by atoms with Gasteiger partial charge in [0.05, 0.1) is 4.90 Å². The Morgan fingerprint density at radius 3 is 2.38 bits per heavy atom. The van der Waals surface area contributed by atoms with Crippen molar-refractivity contribution < 1.29 is 17.6 Å². The average molecular weight is 376 g/mol. The van der Waals surface area contributed by atoms with Gasteiger partial charge in [-0.15, -0.1) is 0 Å². The zero-order valence-electron chi connectivity index (χ0n) is 14.5. The number of hydrogen-bond acceptors (Lipinski definition) is 3. The van der Waals surface area contributed by atoms with Gasteiger partial charge in [-0.1, -0.05) is 6.92 Å². The van der Waals surface area contributed by atoms with Gasteiger partial charge in [-0.05, 0) is 67.3 Å². The van der Waals surface area contributed by atoms with E-state index in [1.165, 1.54) is 52.8 Å². The fourth-order valence-electron chi connectivity index (χ4n) is 3.03. The summed E-state index contributed by atoms with van der Waals surface area (Å²) >= 11 is 0. The molecule has 0 aromatic heterocycles. The van der Waals surface area contributed by atoms with E-state index in [2.05, 4.69) is 5.32 Å². The minimum atomic E-state index is -3.54. The van der Waals surface area contributed by atoms with Crippen LogP contribution in [-0.2, 0) is 10.0 Å². The van der Waals surface area contributed by atoms with Gasteiger partial charge in [0, 0.05) is 24.3 Å². The Kier molecular flexibility index (Phi) is 5.38. The summed E-state index contributed by atoms with van der Waals surface area (Å²) in [5, 5.41) is 2.65. The molecule has 1 amide bonds. The molecule has 0 spiro atoms. The molecule has 26 heavy (non-hydrogen) atoms. The van der Waals surface area contributed by atoms with E-state index in [1.54, 1.807) is 0 Å². The van der Waals surface area contributed by atoms with Crippen LogP contribution in [0, 0.1) is 11.7 Å². The van der Waals surface area contributed by atoms with E-state index in [9.17, 15) is 17.6 Å². The van der Waals surface area contributed by atoms with Crippen molar-refractivity contribution in [3.8, 4) is 0 Å². The van der Waals surface area contributed by atoms with Crippen LogP contribution in [-0.4, -0.2) is 31.7 Å². The second-order valence-electron chi connectivity index (χ2n) is 6.60. The molecular formula is C19H21FN2O3S. The molecule has 0 saturated carbocycles. The Labute approximate surface area is 152 Å². The number of nitrogens with one attached hydrogen (secondary N) is 1. The van der Waals surface area contributed by atoms with Crippen LogP contribution in [0.1, 0.15) is 30.1 Å². The van der Waals surface area contributed by atoms with Crippen LogP contribution >= 0.6 is 0 Å². The zero-order chi connectivity index (χ0) is 18.7. The summed E-state index contributed by atoms with van der Waals surface area (Å²) in [6.07, 6.45) is 1.90. The highest BCUT2D eigenvalue weighted by Gasteiger charge is 2.28. The van der Waals surface area contributed by atoms with Crippen molar-refractivity contribution in [3.63, 3.8) is 0 Å². The summed E-state index contributed by atoms with van der Waals surface area (Å²) in [6.45, 7) is 3.10. The van der Waals surface area contributed by atoms with Gasteiger partial charge in [-0.3, -0.25) is 4.79 Å². The minimum absolute atomic E-state index is 0.185. The number of anilines is 1. The van der Waals surface area contributed by atoms with Crippen molar-refractivity contribution in [2.45, 2.75) is 24.7 Å². The van der Waals surface area contributed by atoms with Crippen LogP contribution < -0.4 is 5.32 Å². The van der Waals surface area contributed by atoms with Crippen LogP contribution in [0.5, 0.6) is 0 Å². The molecule has 3 rings (SSSR count). The lowest BCUT2D eigenvalue weighted by Crippen LogP contribution is -2.39. The SMILES string of the molecule is CC1CCCN(S(=O)(=O)c2ccc(C(=O)Nc3ccc(F)cc3)cc2)C1. The molecule has 7 heteroatoms. The first-order valence-corrected chi connectivity index (χ1v) is 9.97. The summed E-state index contributed by atoms with van der Waals surface area (Å²) in [6, 6.07) is 11.3. The number of piperidine rings is 1. The maximum absolute atomic E-state index is 12.9. The van der Waals surface area contributed by atoms with E-state index in [1.807, 2.05) is 6.92 Å². The van der Waals surface area contributed by atoms with Crippen molar-refractivity contribution >= 4 is 21.6 Å². The molecule has 1 fully saturated rings. The predicted molar refractivity (Wildman–Crippen MR) is 98.0 cm³/mol. The first-order valence-electron chi connectivity index (χ1n) is 8.53. The fraction of sp³-hybridized carbons (Fsp3) is 0.316. The number of rotatable bonds is 4. The number of hydrogen-bond donors (Lipinski definition) is 1. The van der Waals surface area contributed by atoms with E-state index < -0.39 is 10.0 Å². The van der Waals surface area contributed by atoms with E-state index in [-0.39, 0.29) is 16.6 Å². The van der Waals surface area contributed by atoms with Crippen molar-refractivity contribution in [2.24, 2.45) is 5.92 Å². The molecule has 1 aliphatic heterocycles. The second kappa shape index (κ2) is 7.55. The lowest BCUT2D eigenvalue weighted by molar-refractivity contribution is 0.102. The Morgan fingerprint density at radius 2 is 1.77 bits per heavy atom. The number of amides is 1. The molecule has 1 aliphatic rings. The van der Waals surface area contributed by atoms with Crippen LogP contribution in [0.3, 0.4) is 0 Å². The number of halogens is 1. The molecule has 1 unspecified atom stereocenters. The lowest BCUT2D eigenvalue weighted by Gasteiger charge is -2.30. The maximum atomic E-state index is 12.9. The third kappa shape index (κ3) is 4.11. The highest BCUT2D eigenvalue weighted by Crippen LogP contribution is 2.23. The molecule has 1 atom stereocenters. The first-order chi connectivity index (χ1) is 12.4. The topological polar surface area (TPSA) is 66.5 Å². The molecule has 138 valence electrons. The van der Waals surface area contributed by atoms with E-state index in [0.717, 1.165) is 12.8 Å². The molecule has 0 radical (unpaired) electrons. The number of sulfonamides is 1. The average Bonchev–Trinajstić information content (AvgIpc) is 2.64. The van der Waals surface area contributed by atoms with Gasteiger partial charge in [0.1, 0.15) is 5.82 Å². The van der Waals surface area contributed by atoms with Crippen molar-refractivity contribution in [1.29, 1.82) is 0 Å². The number of benzene rings is 2. The van der Waals surface area contributed by atoms with Gasteiger partial charge in [0.15, 0.2) is 0 Å². The minimum Gasteiger partial charge on any atom is -0.322 e. The third-order valence-corrected chi connectivity index (χ3v) is 6.36. The molecule has 0 aliphatic carbocycles. The zero-order valence-corrected chi connectivity index (χ0v) is 15.3. The van der Waals surface area contributed by atoms with Gasteiger partial charge in [-0.25, -0.2) is 12.8 Å². The Hall–Kier alpha value is -2.25. The maximum Gasteiger partial charge on any atom is 0.255 e. The monoisotopic (exact) mass is 376 g/mol. The summed E-state index contributed by atoms with van der Waals surface area (Å²) in [5.74, 6) is -0.420. The number of carbonyl (C=O) groups is 1. The number of carbonyl (C=O) groups excluding carboxylic acids is 1. The quantitative estimate of drug-likeness (QED) is 0.888. The third-order valence-electron chi connectivity index (χ3n) is 4.48. The van der Waals surface area contributed by atoms with Gasteiger partial charge >= 0.3 is 0 Å². The van der Waals surface area contributed by atoms with Crippen molar-refractivity contribution in [1.82, 2.24) is 4.31 Å². The first kappa shape index (κ1) is 18.5. The highest BCUT2D eigenvalue weighted by molar-refractivity contribution is 7.89. The van der Waals surface area contributed by atoms with Crippen LogP contribution in [0.25, 0.3) is 0 Å². The smallest absolute Gasteiger partial charge is 0.255 e. The van der Waals surface area contributed by atoms with Gasteiger partial charge in [-0.2, -0.15) is 4.31 Å². The standard InChI is InChI=1S/C19H21FN2O3S/c1-14-3-2-12-22(13-14)26(24,25)18-10-4-15(5-11-18)19(23)21-17-8-6-16(20)7-9-17/h4-11,14H,2-3,12-13H2,1H3,(H,21,23). The number of nitrogens with zero attached hydrogens (tertiary/aromatic N) is 1. The van der Waals surface area contributed by atoms with Crippen LogP contribution in [0.15, 0.2) is 53.4 Å². The predicted octanol–water partition coefficient (Wildman–Crippen LogP) is 3.50. The fourth-order valence-corrected chi connectivity index (χ4v) is 4.63. The molecule has 0 bridgehead atoms. The van der Waals surface area contributed by atoms with E-state index >= 15 is 0 Å². The lowest BCUT2D eigenvalue weighted by atomic mass is 10.0. The van der Waals surface area contributed by atoms with Crippen molar-refractivity contribution in [2.75, 3.05) is 18.4 Å². The Bertz CT molecular complexity index is 880. The van der Waals surface area contributed by atoms with Crippen LogP contribution in [0.4, 0.5) is 10.1 Å². The van der Waals surface area contributed by atoms with Crippen LogP contribution in [0.2, 0.25) is 0 Å². The summed E-state index contributed by atoms with van der Waals surface area (Å²) in [5.41, 5.74) is 0.802.